The summed E-state index contributed by atoms with van der Waals surface area (Å²) in [5.41, 5.74) is 2.11. The van der Waals surface area contributed by atoms with E-state index in [1.54, 1.807) is 6.08 Å². The topological polar surface area (TPSA) is 79.5 Å². The summed E-state index contributed by atoms with van der Waals surface area (Å²) in [6.07, 6.45) is 7.19. The molecule has 0 unspecified atom stereocenters. The van der Waals surface area contributed by atoms with Crippen molar-refractivity contribution in [3.63, 3.8) is 0 Å². The van der Waals surface area contributed by atoms with E-state index in [1.165, 1.54) is 12.4 Å². The summed E-state index contributed by atoms with van der Waals surface area (Å²) in [6.45, 7) is 13.6. The molecule has 0 saturated carbocycles. The highest BCUT2D eigenvalue weighted by molar-refractivity contribution is 5.97. The van der Waals surface area contributed by atoms with Gasteiger partial charge in [-0.15, -0.1) is 6.58 Å². The van der Waals surface area contributed by atoms with Crippen LogP contribution in [0.25, 0.3) is 0 Å². The lowest BCUT2D eigenvalue weighted by Crippen LogP contribution is -2.47. The van der Waals surface area contributed by atoms with E-state index in [2.05, 4.69) is 22.5 Å². The number of hydrogen-bond acceptors (Lipinski definition) is 4. The quantitative estimate of drug-likeness (QED) is 0.590. The number of hydrogen-bond donors (Lipinski definition) is 3. The molecule has 156 valence electrons. The number of benzene rings is 1. The van der Waals surface area contributed by atoms with Gasteiger partial charge in [0.25, 0.3) is 11.8 Å². The number of aryl methyl sites for hydroxylation is 1. The van der Waals surface area contributed by atoms with E-state index in [1.807, 2.05) is 58.9 Å². The predicted molar refractivity (Wildman–Crippen MR) is 115 cm³/mol. The van der Waals surface area contributed by atoms with Crippen LogP contribution in [0.4, 0.5) is 0 Å². The Bertz CT molecular complexity index is 851. The average Bonchev–Trinajstić information content (AvgIpc) is 2.85. The predicted octanol–water partition coefficient (Wildman–Crippen LogP) is 2.89. The molecular weight excluding hydrogens is 366 g/mol. The van der Waals surface area contributed by atoms with Crippen LogP contribution in [-0.2, 0) is 16.0 Å². The van der Waals surface area contributed by atoms with Crippen LogP contribution in [0.3, 0.4) is 0 Å². The van der Waals surface area contributed by atoms with E-state index < -0.39 is 5.54 Å². The molecule has 1 aliphatic heterocycles. The summed E-state index contributed by atoms with van der Waals surface area (Å²) in [4.78, 5) is 24.4. The molecule has 3 N–H and O–H groups in total. The Morgan fingerprint density at radius 1 is 1.17 bits per heavy atom. The van der Waals surface area contributed by atoms with Crippen LogP contribution in [0.1, 0.15) is 38.8 Å². The molecule has 0 bridgehead atoms. The molecule has 1 aromatic rings. The minimum Gasteiger partial charge on any atom is -0.483 e. The maximum Gasteiger partial charge on any atom is 0.261 e. The van der Waals surface area contributed by atoms with Gasteiger partial charge in [0, 0.05) is 29.1 Å². The Kier molecular flexibility index (Phi) is 7.03. The lowest BCUT2D eigenvalue weighted by atomic mass is 9.96. The van der Waals surface area contributed by atoms with Crippen LogP contribution >= 0.6 is 0 Å². The van der Waals surface area contributed by atoms with Gasteiger partial charge < -0.3 is 15.4 Å². The van der Waals surface area contributed by atoms with Gasteiger partial charge in [0.1, 0.15) is 5.75 Å². The molecule has 0 spiro atoms. The fourth-order valence-electron chi connectivity index (χ4n) is 3.48. The van der Waals surface area contributed by atoms with Gasteiger partial charge in [0.2, 0.25) is 0 Å². The van der Waals surface area contributed by atoms with Gasteiger partial charge in [0.05, 0.1) is 0 Å². The fraction of sp³-hybridized carbons (Fsp3) is 0.391. The van der Waals surface area contributed by atoms with Gasteiger partial charge in [0.15, 0.2) is 6.61 Å². The van der Waals surface area contributed by atoms with Crippen molar-refractivity contribution in [2.24, 2.45) is 0 Å². The van der Waals surface area contributed by atoms with Crippen molar-refractivity contribution in [2.45, 2.75) is 52.1 Å². The van der Waals surface area contributed by atoms with Crippen LogP contribution in [0.5, 0.6) is 5.75 Å². The van der Waals surface area contributed by atoms with Crippen LogP contribution < -0.4 is 20.7 Å². The molecule has 6 nitrogen and oxygen atoms in total. The van der Waals surface area contributed by atoms with Crippen LogP contribution in [-0.4, -0.2) is 29.5 Å². The minimum absolute atomic E-state index is 0.123. The number of carbonyl (C=O) groups excluding carboxylic acids is 2. The van der Waals surface area contributed by atoms with Crippen molar-refractivity contribution in [3.05, 3.63) is 66.0 Å². The fourth-order valence-corrected chi connectivity index (χ4v) is 3.48. The Morgan fingerprint density at radius 2 is 1.86 bits per heavy atom. The summed E-state index contributed by atoms with van der Waals surface area (Å²) >= 11 is 0. The lowest BCUT2D eigenvalue weighted by molar-refractivity contribution is -0.122. The third-order valence-corrected chi connectivity index (χ3v) is 4.54. The van der Waals surface area contributed by atoms with E-state index >= 15 is 0 Å². The smallest absolute Gasteiger partial charge is 0.261 e. The number of amides is 2. The van der Waals surface area contributed by atoms with Gasteiger partial charge in [-0.25, -0.2) is 0 Å². The van der Waals surface area contributed by atoms with E-state index in [0.717, 1.165) is 11.1 Å². The second kappa shape index (κ2) is 9.09. The molecule has 6 heteroatoms. The molecule has 1 aliphatic rings. The molecule has 29 heavy (non-hydrogen) atoms. The minimum atomic E-state index is -0.421. The van der Waals surface area contributed by atoms with Gasteiger partial charge in [-0.3, -0.25) is 14.9 Å². The van der Waals surface area contributed by atoms with Crippen molar-refractivity contribution in [1.29, 1.82) is 0 Å². The summed E-state index contributed by atoms with van der Waals surface area (Å²) in [5, 5.41) is 8.66. The van der Waals surface area contributed by atoms with Gasteiger partial charge in [-0.2, -0.15) is 0 Å². The first-order chi connectivity index (χ1) is 13.5. The SMILES string of the molecule is C=CCc1cc(C)ccc1OCC(=O)N/C=C/NC(=O)C1=CC(C)(C)NC1(C)C. The molecule has 0 atom stereocenters. The zero-order chi connectivity index (χ0) is 21.7. The Morgan fingerprint density at radius 3 is 2.48 bits per heavy atom. The van der Waals surface area contributed by atoms with E-state index in [0.29, 0.717) is 17.7 Å². The van der Waals surface area contributed by atoms with Crippen LogP contribution in [0, 0.1) is 6.92 Å². The number of allylic oxidation sites excluding steroid dienone is 1. The molecule has 0 aliphatic carbocycles. The van der Waals surface area contributed by atoms with Crippen molar-refractivity contribution in [3.8, 4) is 5.75 Å². The second-order valence-corrected chi connectivity index (χ2v) is 8.30. The largest absolute Gasteiger partial charge is 0.483 e. The van der Waals surface area contributed by atoms with Crippen LogP contribution in [0.2, 0.25) is 0 Å². The average molecular weight is 398 g/mol. The molecule has 0 aromatic heterocycles. The van der Waals surface area contributed by atoms with Crippen LogP contribution in [0.15, 0.2) is 54.9 Å². The highest BCUT2D eigenvalue weighted by Crippen LogP contribution is 2.29. The first-order valence-electron chi connectivity index (χ1n) is 9.65. The van der Waals surface area contributed by atoms with E-state index in [-0.39, 0.29) is 24.0 Å². The first kappa shape index (κ1) is 22.4. The number of rotatable bonds is 8. The third-order valence-electron chi connectivity index (χ3n) is 4.54. The van der Waals surface area contributed by atoms with Crippen molar-refractivity contribution in [2.75, 3.05) is 6.61 Å². The van der Waals surface area contributed by atoms with Crippen molar-refractivity contribution < 1.29 is 14.3 Å². The lowest BCUT2D eigenvalue weighted by Gasteiger charge is -2.27. The monoisotopic (exact) mass is 397 g/mol. The standard InChI is InChI=1S/C23H31N3O3/c1-7-8-17-13-16(2)9-10-19(17)29-15-20(27)24-11-12-25-21(28)18-14-22(3,4)26-23(18,5)6/h7,9-14,26H,1,8,15H2,2-6H3,(H,24,27)(H,25,28)/b12-11+. The Hall–Kier alpha value is -2.86. The summed E-state index contributed by atoms with van der Waals surface area (Å²) < 4.78 is 5.62. The molecule has 0 radical (unpaired) electrons. The van der Waals surface area contributed by atoms with Crippen molar-refractivity contribution in [1.82, 2.24) is 16.0 Å². The zero-order valence-corrected chi connectivity index (χ0v) is 17.9. The molecule has 2 amide bonds. The number of ether oxygens (including phenoxy) is 1. The summed E-state index contributed by atoms with van der Waals surface area (Å²) in [7, 11) is 0. The molecule has 0 fully saturated rings. The normalized spacial score (nSPS) is 16.9. The maximum absolute atomic E-state index is 12.4. The Labute approximate surface area is 173 Å². The molecule has 0 saturated heterocycles. The van der Waals surface area contributed by atoms with Gasteiger partial charge >= 0.3 is 0 Å². The zero-order valence-electron chi connectivity index (χ0n) is 17.9. The van der Waals surface area contributed by atoms with E-state index in [9.17, 15) is 9.59 Å². The molecule has 2 rings (SSSR count). The Balaban J connectivity index is 1.83. The first-order valence-corrected chi connectivity index (χ1v) is 9.65. The molecule has 1 aromatic carbocycles. The third kappa shape index (κ3) is 6.32. The summed E-state index contributed by atoms with van der Waals surface area (Å²) in [5.74, 6) is 0.140. The van der Waals surface area contributed by atoms with Gasteiger partial charge in [-0.05, 0) is 52.7 Å². The number of nitrogens with one attached hydrogen (secondary N) is 3. The number of carbonyl (C=O) groups is 2. The molecule has 1 heterocycles. The highest BCUT2D eigenvalue weighted by Gasteiger charge is 2.39. The van der Waals surface area contributed by atoms with E-state index in [4.69, 9.17) is 4.74 Å². The van der Waals surface area contributed by atoms with Gasteiger partial charge in [-0.1, -0.05) is 29.8 Å². The maximum atomic E-state index is 12.4. The van der Waals surface area contributed by atoms with Crippen molar-refractivity contribution >= 4 is 11.8 Å². The second-order valence-electron chi connectivity index (χ2n) is 8.30. The highest BCUT2D eigenvalue weighted by atomic mass is 16.5. The molecular formula is C23H31N3O3. The summed E-state index contributed by atoms with van der Waals surface area (Å²) in [6, 6.07) is 5.80.